The van der Waals surface area contributed by atoms with Crippen molar-refractivity contribution < 1.29 is 14.3 Å². The average molecular weight is 271 g/mol. The van der Waals surface area contributed by atoms with Gasteiger partial charge in [-0.15, -0.1) is 0 Å². The van der Waals surface area contributed by atoms with Crippen molar-refractivity contribution in [2.45, 2.75) is 18.9 Å². The molecule has 3 nitrogen and oxygen atoms in total. The molecule has 18 heavy (non-hydrogen) atoms. The summed E-state index contributed by atoms with van der Waals surface area (Å²) in [5.41, 5.74) is -0.580. The van der Waals surface area contributed by atoms with Crippen LogP contribution in [0, 0.1) is 5.82 Å². The minimum Gasteiger partial charge on any atom is -0.387 e. The van der Waals surface area contributed by atoms with Gasteiger partial charge in [0.25, 0.3) is 0 Å². The number of carbonyl (C=O) groups excluding carboxylic acids is 1. The zero-order valence-corrected chi connectivity index (χ0v) is 11.4. The van der Waals surface area contributed by atoms with Gasteiger partial charge in [-0.05, 0) is 24.8 Å². The molecule has 0 saturated carbocycles. The third-order valence-corrected chi connectivity index (χ3v) is 3.34. The molecule has 0 aromatic heterocycles. The molecule has 100 valence electrons. The number of rotatable bonds is 6. The fourth-order valence-electron chi connectivity index (χ4n) is 1.53. The number of amides is 1. The molecule has 1 rings (SSSR count). The Bertz CT molecular complexity index is 410. The highest BCUT2D eigenvalue weighted by molar-refractivity contribution is 7.98. The third-order valence-electron chi connectivity index (χ3n) is 2.43. The van der Waals surface area contributed by atoms with Crippen molar-refractivity contribution in [3.05, 3.63) is 35.6 Å². The topological polar surface area (TPSA) is 49.3 Å². The van der Waals surface area contributed by atoms with Gasteiger partial charge >= 0.3 is 0 Å². The number of thioether (sulfide) groups is 1. The van der Waals surface area contributed by atoms with Crippen molar-refractivity contribution in [3.63, 3.8) is 0 Å². The lowest BCUT2D eigenvalue weighted by molar-refractivity contribution is -0.121. The van der Waals surface area contributed by atoms with E-state index < -0.39 is 5.60 Å². The van der Waals surface area contributed by atoms with E-state index in [1.165, 1.54) is 17.8 Å². The van der Waals surface area contributed by atoms with Crippen LogP contribution in [0.15, 0.2) is 24.3 Å². The largest absolute Gasteiger partial charge is 0.387 e. The number of benzene rings is 1. The maximum Gasteiger partial charge on any atom is 0.224 e. The first-order valence-corrected chi connectivity index (χ1v) is 7.05. The summed E-state index contributed by atoms with van der Waals surface area (Å²) < 4.78 is 13.3. The van der Waals surface area contributed by atoms with Gasteiger partial charge in [-0.3, -0.25) is 4.79 Å². The highest BCUT2D eigenvalue weighted by Gasteiger charge is 2.20. The average Bonchev–Trinajstić information content (AvgIpc) is 2.30. The molecular formula is C13H18FNO2S. The van der Waals surface area contributed by atoms with Crippen molar-refractivity contribution in [1.82, 2.24) is 5.32 Å². The van der Waals surface area contributed by atoms with Crippen LogP contribution >= 0.6 is 11.8 Å². The Kier molecular flexibility index (Phi) is 5.62. The van der Waals surface area contributed by atoms with Gasteiger partial charge in [0.05, 0.1) is 12.0 Å². The summed E-state index contributed by atoms with van der Waals surface area (Å²) in [6.45, 7) is 1.83. The maximum atomic E-state index is 13.3. The molecule has 0 fully saturated rings. The lowest BCUT2D eigenvalue weighted by Gasteiger charge is -2.22. The second-order valence-electron chi connectivity index (χ2n) is 4.47. The van der Waals surface area contributed by atoms with Gasteiger partial charge in [0.1, 0.15) is 5.82 Å². The smallest absolute Gasteiger partial charge is 0.224 e. The Morgan fingerprint density at radius 3 is 2.78 bits per heavy atom. The summed E-state index contributed by atoms with van der Waals surface area (Å²) in [5.74, 6) is -0.141. The van der Waals surface area contributed by atoms with Crippen LogP contribution in [0.3, 0.4) is 0 Å². The number of halogens is 1. The van der Waals surface area contributed by atoms with E-state index in [1.54, 1.807) is 25.1 Å². The first kappa shape index (κ1) is 15.0. The van der Waals surface area contributed by atoms with Gasteiger partial charge in [-0.2, -0.15) is 11.8 Å². The Hall–Kier alpha value is -1.07. The molecule has 1 aromatic carbocycles. The number of hydrogen-bond acceptors (Lipinski definition) is 3. The lowest BCUT2D eigenvalue weighted by Crippen LogP contribution is -2.43. The van der Waals surface area contributed by atoms with Gasteiger partial charge in [0.15, 0.2) is 0 Å². The van der Waals surface area contributed by atoms with Gasteiger partial charge in [-0.25, -0.2) is 4.39 Å². The van der Waals surface area contributed by atoms with E-state index in [2.05, 4.69) is 5.32 Å². The van der Waals surface area contributed by atoms with E-state index in [1.807, 2.05) is 6.26 Å². The first-order chi connectivity index (χ1) is 8.44. The van der Waals surface area contributed by atoms with Gasteiger partial charge in [0.2, 0.25) is 5.91 Å². The molecule has 1 amide bonds. The number of nitrogens with one attached hydrogen (secondary N) is 1. The fraction of sp³-hybridized carbons (Fsp3) is 0.462. The number of hydrogen-bond donors (Lipinski definition) is 2. The highest BCUT2D eigenvalue weighted by Crippen LogP contribution is 2.10. The molecule has 1 unspecified atom stereocenters. The predicted octanol–water partition coefficient (Wildman–Crippen LogP) is 1.60. The van der Waals surface area contributed by atoms with Gasteiger partial charge in [-0.1, -0.05) is 18.2 Å². The predicted molar refractivity (Wildman–Crippen MR) is 72.1 cm³/mol. The molecule has 0 aliphatic carbocycles. The Morgan fingerprint density at radius 2 is 2.17 bits per heavy atom. The number of carbonyl (C=O) groups is 1. The fourth-order valence-corrected chi connectivity index (χ4v) is 2.25. The molecule has 2 N–H and O–H groups in total. The Balaban J connectivity index is 2.46. The molecule has 1 aromatic rings. The standard InChI is InChI=1S/C13H18FNO2S/c1-13(17,9-18-2)8-15-12(16)7-10-5-3-4-6-11(10)14/h3-6,17H,7-9H2,1-2H3,(H,15,16). The van der Waals surface area contributed by atoms with E-state index in [0.29, 0.717) is 11.3 Å². The summed E-state index contributed by atoms with van der Waals surface area (Å²) in [6.07, 6.45) is 1.87. The number of aliphatic hydroxyl groups is 1. The minimum atomic E-state index is -0.940. The van der Waals surface area contributed by atoms with E-state index in [4.69, 9.17) is 0 Å². The van der Waals surface area contributed by atoms with Crippen molar-refractivity contribution in [2.24, 2.45) is 0 Å². The van der Waals surface area contributed by atoms with Crippen molar-refractivity contribution >= 4 is 17.7 Å². The van der Waals surface area contributed by atoms with Crippen LogP contribution < -0.4 is 5.32 Å². The Morgan fingerprint density at radius 1 is 1.50 bits per heavy atom. The zero-order valence-electron chi connectivity index (χ0n) is 10.6. The van der Waals surface area contributed by atoms with Crippen LogP contribution in [0.4, 0.5) is 4.39 Å². The lowest BCUT2D eigenvalue weighted by atomic mass is 10.1. The zero-order chi connectivity index (χ0) is 13.6. The summed E-state index contributed by atoms with van der Waals surface area (Å²) in [7, 11) is 0. The van der Waals surface area contributed by atoms with Gasteiger partial charge in [0, 0.05) is 12.3 Å². The van der Waals surface area contributed by atoms with Crippen LogP contribution in [-0.4, -0.2) is 35.2 Å². The summed E-state index contributed by atoms with van der Waals surface area (Å²) in [4.78, 5) is 11.6. The van der Waals surface area contributed by atoms with Crippen LogP contribution in [-0.2, 0) is 11.2 Å². The molecular weight excluding hydrogens is 253 g/mol. The van der Waals surface area contributed by atoms with Crippen LogP contribution in [0.2, 0.25) is 0 Å². The second-order valence-corrected chi connectivity index (χ2v) is 5.34. The first-order valence-electron chi connectivity index (χ1n) is 5.66. The van der Waals surface area contributed by atoms with E-state index in [9.17, 15) is 14.3 Å². The SMILES string of the molecule is CSCC(C)(O)CNC(=O)Cc1ccccc1F. The van der Waals surface area contributed by atoms with E-state index in [0.717, 1.165) is 0 Å². The van der Waals surface area contributed by atoms with Crippen LogP contribution in [0.5, 0.6) is 0 Å². The molecule has 1 atom stereocenters. The van der Waals surface area contributed by atoms with E-state index in [-0.39, 0.29) is 24.7 Å². The maximum absolute atomic E-state index is 13.3. The third kappa shape index (κ3) is 5.06. The highest BCUT2D eigenvalue weighted by atomic mass is 32.2. The molecule has 0 radical (unpaired) electrons. The Labute approximate surface area is 111 Å². The van der Waals surface area contributed by atoms with Gasteiger partial charge < -0.3 is 10.4 Å². The van der Waals surface area contributed by atoms with E-state index >= 15 is 0 Å². The molecule has 0 aliphatic rings. The molecule has 0 bridgehead atoms. The summed E-state index contributed by atoms with van der Waals surface area (Å²) in [6, 6.07) is 6.18. The normalized spacial score (nSPS) is 14.0. The van der Waals surface area contributed by atoms with Crippen LogP contribution in [0.1, 0.15) is 12.5 Å². The molecule has 0 spiro atoms. The quantitative estimate of drug-likeness (QED) is 0.826. The second kappa shape index (κ2) is 6.75. The molecule has 5 heteroatoms. The summed E-state index contributed by atoms with van der Waals surface area (Å²) >= 11 is 1.51. The molecule has 0 heterocycles. The van der Waals surface area contributed by atoms with Crippen molar-refractivity contribution in [1.29, 1.82) is 0 Å². The van der Waals surface area contributed by atoms with Crippen molar-refractivity contribution in [2.75, 3.05) is 18.6 Å². The van der Waals surface area contributed by atoms with Crippen LogP contribution in [0.25, 0.3) is 0 Å². The monoisotopic (exact) mass is 271 g/mol. The summed E-state index contributed by atoms with van der Waals surface area (Å²) in [5, 5.41) is 12.5. The molecule has 0 saturated heterocycles. The molecule has 0 aliphatic heterocycles. The minimum absolute atomic E-state index is 0.0119. The van der Waals surface area contributed by atoms with Crippen molar-refractivity contribution in [3.8, 4) is 0 Å².